The number of hydrogen-bond acceptors (Lipinski definition) is 3. The number of thiazole rings is 1. The fourth-order valence-electron chi connectivity index (χ4n) is 2.16. The normalized spacial score (nSPS) is 10.9. The van der Waals surface area contributed by atoms with Crippen molar-refractivity contribution in [3.05, 3.63) is 51.3 Å². The second-order valence-corrected chi connectivity index (χ2v) is 5.28. The van der Waals surface area contributed by atoms with Gasteiger partial charge in [-0.3, -0.25) is 9.20 Å². The van der Waals surface area contributed by atoms with Gasteiger partial charge in [-0.2, -0.15) is 5.26 Å². The average molecular weight is 254 g/mol. The number of fused-ring (bicyclic) bond motifs is 3. The molecule has 0 amide bonds. The van der Waals surface area contributed by atoms with Gasteiger partial charge in [0.05, 0.1) is 15.8 Å². The van der Waals surface area contributed by atoms with Crippen LogP contribution in [0.3, 0.4) is 0 Å². The van der Waals surface area contributed by atoms with E-state index in [-0.39, 0.29) is 5.56 Å². The average Bonchev–Trinajstić information content (AvgIpc) is 2.76. The molecule has 0 aliphatic heterocycles. The zero-order valence-electron chi connectivity index (χ0n) is 10.0. The molecule has 0 fully saturated rings. The standard InChI is InChI=1S/C14H10N2OS/c1-8-9(2)13(17)16-11-5-3-4-6-12(11)18-14(16)10(8)7-15/h3-6H,1-2H3. The number of aromatic nitrogens is 1. The lowest BCUT2D eigenvalue weighted by atomic mass is 10.1. The molecule has 4 heteroatoms. The van der Waals surface area contributed by atoms with E-state index in [9.17, 15) is 10.1 Å². The predicted octanol–water partition coefficient (Wildman–Crippen LogP) is 3.00. The minimum atomic E-state index is -0.0288. The molecule has 0 N–H and O–H groups in total. The second-order valence-electron chi connectivity index (χ2n) is 4.25. The van der Waals surface area contributed by atoms with Gasteiger partial charge in [0.1, 0.15) is 10.9 Å². The molecule has 3 aromatic rings. The topological polar surface area (TPSA) is 45.3 Å². The maximum absolute atomic E-state index is 12.4. The Hall–Kier alpha value is -2.12. The van der Waals surface area contributed by atoms with Crippen molar-refractivity contribution < 1.29 is 0 Å². The van der Waals surface area contributed by atoms with Gasteiger partial charge in [-0.25, -0.2) is 0 Å². The Morgan fingerprint density at radius 3 is 2.67 bits per heavy atom. The monoisotopic (exact) mass is 254 g/mol. The zero-order valence-corrected chi connectivity index (χ0v) is 10.8. The lowest BCUT2D eigenvalue weighted by molar-refractivity contribution is 1.10. The van der Waals surface area contributed by atoms with Crippen LogP contribution in [0.2, 0.25) is 0 Å². The van der Waals surface area contributed by atoms with E-state index in [0.29, 0.717) is 11.1 Å². The highest BCUT2D eigenvalue weighted by Gasteiger charge is 2.15. The van der Waals surface area contributed by atoms with Crippen molar-refractivity contribution in [1.29, 1.82) is 5.26 Å². The molecular formula is C14H10N2OS. The molecule has 3 rings (SSSR count). The highest BCUT2D eigenvalue weighted by Crippen LogP contribution is 2.29. The van der Waals surface area contributed by atoms with Crippen molar-refractivity contribution in [3.63, 3.8) is 0 Å². The summed E-state index contributed by atoms with van der Waals surface area (Å²) >= 11 is 1.49. The summed E-state index contributed by atoms with van der Waals surface area (Å²) < 4.78 is 2.68. The molecule has 0 unspecified atom stereocenters. The summed E-state index contributed by atoms with van der Waals surface area (Å²) in [7, 11) is 0. The van der Waals surface area contributed by atoms with Crippen molar-refractivity contribution in [1.82, 2.24) is 4.40 Å². The van der Waals surface area contributed by atoms with Crippen LogP contribution in [0.1, 0.15) is 16.7 Å². The molecule has 0 saturated heterocycles. The lowest BCUT2D eigenvalue weighted by Gasteiger charge is -2.04. The summed E-state index contributed by atoms with van der Waals surface area (Å²) in [5, 5.41) is 9.30. The summed E-state index contributed by atoms with van der Waals surface area (Å²) in [5.41, 5.74) is 2.89. The third-order valence-corrected chi connectivity index (χ3v) is 4.45. The fraction of sp³-hybridized carbons (Fsp3) is 0.143. The van der Waals surface area contributed by atoms with Gasteiger partial charge < -0.3 is 0 Å². The Morgan fingerprint density at radius 2 is 1.94 bits per heavy atom. The van der Waals surface area contributed by atoms with Crippen LogP contribution in [0.15, 0.2) is 29.1 Å². The summed E-state index contributed by atoms with van der Waals surface area (Å²) in [6.07, 6.45) is 0. The highest BCUT2D eigenvalue weighted by atomic mass is 32.1. The van der Waals surface area contributed by atoms with Gasteiger partial charge in [-0.05, 0) is 31.5 Å². The smallest absolute Gasteiger partial charge is 0.259 e. The number of rotatable bonds is 0. The quantitative estimate of drug-likeness (QED) is 0.619. The molecule has 0 saturated carbocycles. The maximum Gasteiger partial charge on any atom is 0.259 e. The van der Waals surface area contributed by atoms with Gasteiger partial charge in [-0.1, -0.05) is 12.1 Å². The predicted molar refractivity (Wildman–Crippen MR) is 73.2 cm³/mol. The first-order chi connectivity index (χ1) is 8.65. The molecule has 2 aromatic heterocycles. The minimum absolute atomic E-state index is 0.0288. The van der Waals surface area contributed by atoms with Crippen LogP contribution >= 0.6 is 11.3 Å². The number of nitrogens with zero attached hydrogens (tertiary/aromatic N) is 2. The lowest BCUT2D eigenvalue weighted by Crippen LogP contribution is -2.17. The second kappa shape index (κ2) is 3.69. The molecule has 2 heterocycles. The minimum Gasteiger partial charge on any atom is -0.269 e. The molecule has 3 nitrogen and oxygen atoms in total. The van der Waals surface area contributed by atoms with Gasteiger partial charge in [-0.15, -0.1) is 11.3 Å². The molecule has 18 heavy (non-hydrogen) atoms. The Kier molecular flexibility index (Phi) is 2.25. The third-order valence-electron chi connectivity index (χ3n) is 3.30. The highest BCUT2D eigenvalue weighted by molar-refractivity contribution is 7.24. The van der Waals surface area contributed by atoms with E-state index >= 15 is 0 Å². The number of benzene rings is 1. The van der Waals surface area contributed by atoms with Gasteiger partial charge >= 0.3 is 0 Å². The van der Waals surface area contributed by atoms with Gasteiger partial charge in [0.15, 0.2) is 0 Å². The molecular weight excluding hydrogens is 244 g/mol. The van der Waals surface area contributed by atoms with Gasteiger partial charge in [0.25, 0.3) is 5.56 Å². The van der Waals surface area contributed by atoms with Gasteiger partial charge in [0.2, 0.25) is 0 Å². The summed E-state index contributed by atoms with van der Waals surface area (Å²) in [5.74, 6) is 0. The molecule has 0 aliphatic carbocycles. The van der Waals surface area contributed by atoms with E-state index in [1.54, 1.807) is 11.3 Å². The van der Waals surface area contributed by atoms with E-state index in [2.05, 4.69) is 6.07 Å². The Labute approximate surface area is 108 Å². The van der Waals surface area contributed by atoms with E-state index in [1.807, 2.05) is 31.2 Å². The number of nitriles is 1. The van der Waals surface area contributed by atoms with Crippen LogP contribution in [0.5, 0.6) is 0 Å². The van der Waals surface area contributed by atoms with E-state index in [1.165, 1.54) is 11.3 Å². The third kappa shape index (κ3) is 1.25. The molecule has 0 spiro atoms. The van der Waals surface area contributed by atoms with Crippen molar-refractivity contribution in [2.24, 2.45) is 0 Å². The molecule has 0 radical (unpaired) electrons. The molecule has 1 aromatic carbocycles. The molecule has 0 aliphatic rings. The van der Waals surface area contributed by atoms with Crippen molar-refractivity contribution in [2.45, 2.75) is 13.8 Å². The first-order valence-corrected chi connectivity index (χ1v) is 6.40. The zero-order chi connectivity index (χ0) is 12.9. The van der Waals surface area contributed by atoms with Crippen molar-refractivity contribution in [3.8, 4) is 6.07 Å². The van der Waals surface area contributed by atoms with E-state index in [4.69, 9.17) is 0 Å². The number of pyridine rings is 1. The van der Waals surface area contributed by atoms with Crippen LogP contribution < -0.4 is 5.56 Å². The van der Waals surface area contributed by atoms with E-state index < -0.39 is 0 Å². The first-order valence-electron chi connectivity index (χ1n) is 5.58. The van der Waals surface area contributed by atoms with Crippen molar-refractivity contribution >= 4 is 26.4 Å². The summed E-state index contributed by atoms with van der Waals surface area (Å²) in [6, 6.07) is 9.95. The largest absolute Gasteiger partial charge is 0.269 e. The molecule has 0 atom stereocenters. The fourth-order valence-corrected chi connectivity index (χ4v) is 3.35. The Morgan fingerprint density at radius 1 is 1.22 bits per heavy atom. The Balaban J connectivity index is 2.74. The van der Waals surface area contributed by atoms with Crippen LogP contribution in [0.4, 0.5) is 0 Å². The Bertz CT molecular complexity index is 881. The maximum atomic E-state index is 12.4. The molecule has 0 bridgehead atoms. The number of hydrogen-bond donors (Lipinski definition) is 0. The SMILES string of the molecule is Cc1c(C)c(=O)n2c(sc3ccccc32)c1C#N. The van der Waals surface area contributed by atoms with E-state index in [0.717, 1.165) is 20.6 Å². The first kappa shape index (κ1) is 11.0. The van der Waals surface area contributed by atoms with Gasteiger partial charge in [0, 0.05) is 5.56 Å². The molecule has 88 valence electrons. The van der Waals surface area contributed by atoms with Crippen molar-refractivity contribution in [2.75, 3.05) is 0 Å². The summed E-state index contributed by atoms with van der Waals surface area (Å²) in [6.45, 7) is 3.61. The van der Waals surface area contributed by atoms with Crippen LogP contribution in [-0.2, 0) is 0 Å². The summed E-state index contributed by atoms with van der Waals surface area (Å²) in [4.78, 5) is 13.1. The van der Waals surface area contributed by atoms with Crippen LogP contribution in [0, 0.1) is 25.2 Å². The van der Waals surface area contributed by atoms with Crippen LogP contribution in [0.25, 0.3) is 15.0 Å². The number of para-hydroxylation sites is 1. The van der Waals surface area contributed by atoms with Crippen LogP contribution in [-0.4, -0.2) is 4.40 Å².